The van der Waals surface area contributed by atoms with Crippen molar-refractivity contribution >= 4 is 38.6 Å². The monoisotopic (exact) mass is 401 g/mol. The van der Waals surface area contributed by atoms with E-state index < -0.39 is 5.97 Å². The summed E-state index contributed by atoms with van der Waals surface area (Å²) in [4.78, 5) is 22.0. The van der Waals surface area contributed by atoms with Crippen LogP contribution in [0.15, 0.2) is 65.2 Å². The molecule has 2 aromatic carbocycles. The van der Waals surface area contributed by atoms with Crippen molar-refractivity contribution in [2.24, 2.45) is 0 Å². The number of benzene rings is 2. The maximum Gasteiger partial charge on any atom is 0.339 e. The van der Waals surface area contributed by atoms with Crippen molar-refractivity contribution in [2.75, 3.05) is 0 Å². The lowest BCUT2D eigenvalue weighted by molar-refractivity contribution is 0.0475. The van der Waals surface area contributed by atoms with Gasteiger partial charge in [0.25, 0.3) is 5.71 Å². The van der Waals surface area contributed by atoms with Crippen LogP contribution >= 0.6 is 11.3 Å². The number of aryl methyl sites for hydroxylation is 1. The van der Waals surface area contributed by atoms with Gasteiger partial charge in [0.2, 0.25) is 0 Å². The van der Waals surface area contributed by atoms with E-state index in [0.29, 0.717) is 28.1 Å². The Labute approximate surface area is 169 Å². The first-order valence-electron chi connectivity index (χ1n) is 9.03. The number of para-hydroxylation sites is 1. The van der Waals surface area contributed by atoms with Crippen LogP contribution in [0.2, 0.25) is 0 Å². The molecule has 3 heterocycles. The van der Waals surface area contributed by atoms with E-state index in [1.807, 2.05) is 54.6 Å². The van der Waals surface area contributed by atoms with E-state index in [1.54, 1.807) is 13.0 Å². The number of ether oxygens (including phenoxy) is 1. The van der Waals surface area contributed by atoms with Crippen LogP contribution in [0.5, 0.6) is 0 Å². The van der Waals surface area contributed by atoms with Crippen LogP contribution in [0.3, 0.4) is 0 Å². The molecule has 0 saturated heterocycles. The average molecular weight is 401 g/mol. The van der Waals surface area contributed by atoms with Crippen molar-refractivity contribution in [3.8, 4) is 11.3 Å². The number of aromatic nitrogens is 3. The molecule has 0 atom stereocenters. The Bertz CT molecular complexity index is 1310. The largest absolute Gasteiger partial charge is 0.455 e. The molecule has 0 fully saturated rings. The van der Waals surface area contributed by atoms with Gasteiger partial charge in [-0.3, -0.25) is 0 Å². The SMILES string of the molecule is Cc1noc2nc(-c3ccccc3)cc(C(=O)OCc3nc4ccccc4s3)c12. The van der Waals surface area contributed by atoms with Gasteiger partial charge in [-0.05, 0) is 25.1 Å². The van der Waals surface area contributed by atoms with Gasteiger partial charge < -0.3 is 9.26 Å². The van der Waals surface area contributed by atoms with Gasteiger partial charge in [-0.1, -0.05) is 47.6 Å². The molecule has 0 aliphatic rings. The second-order valence-corrected chi connectivity index (χ2v) is 7.64. The second-order valence-electron chi connectivity index (χ2n) is 6.52. The zero-order valence-corrected chi connectivity index (χ0v) is 16.3. The fourth-order valence-corrected chi connectivity index (χ4v) is 4.08. The highest BCUT2D eigenvalue weighted by Gasteiger charge is 2.21. The van der Waals surface area contributed by atoms with Gasteiger partial charge in [-0.15, -0.1) is 11.3 Å². The van der Waals surface area contributed by atoms with E-state index in [0.717, 1.165) is 20.8 Å². The molecule has 5 rings (SSSR count). The lowest BCUT2D eigenvalue weighted by Gasteiger charge is -2.07. The Morgan fingerprint density at radius 1 is 1.07 bits per heavy atom. The van der Waals surface area contributed by atoms with Crippen LogP contribution in [0.1, 0.15) is 21.1 Å². The van der Waals surface area contributed by atoms with Gasteiger partial charge >= 0.3 is 5.97 Å². The van der Waals surface area contributed by atoms with Gasteiger partial charge in [0.05, 0.1) is 32.6 Å². The Morgan fingerprint density at radius 2 is 1.86 bits per heavy atom. The Hall–Kier alpha value is -3.58. The van der Waals surface area contributed by atoms with E-state index in [9.17, 15) is 4.79 Å². The van der Waals surface area contributed by atoms with Gasteiger partial charge in [0.15, 0.2) is 0 Å². The van der Waals surface area contributed by atoms with E-state index in [2.05, 4.69) is 15.1 Å². The van der Waals surface area contributed by atoms with Crippen molar-refractivity contribution in [3.63, 3.8) is 0 Å². The van der Waals surface area contributed by atoms with E-state index >= 15 is 0 Å². The molecule has 0 unspecified atom stereocenters. The third kappa shape index (κ3) is 3.25. The molecule has 6 nitrogen and oxygen atoms in total. The summed E-state index contributed by atoms with van der Waals surface area (Å²) in [7, 11) is 0. The molecule has 0 spiro atoms. The number of carbonyl (C=O) groups is 1. The molecule has 0 bridgehead atoms. The smallest absolute Gasteiger partial charge is 0.339 e. The molecule has 3 aromatic heterocycles. The first-order chi connectivity index (χ1) is 14.2. The molecule has 5 aromatic rings. The van der Waals surface area contributed by atoms with Crippen molar-refractivity contribution < 1.29 is 14.1 Å². The minimum atomic E-state index is -0.458. The van der Waals surface area contributed by atoms with Crippen LogP contribution in [0.4, 0.5) is 0 Å². The zero-order chi connectivity index (χ0) is 19.8. The molecule has 7 heteroatoms. The summed E-state index contributed by atoms with van der Waals surface area (Å²) in [6, 6.07) is 19.2. The molecule has 0 aliphatic carbocycles. The number of hydrogen-bond acceptors (Lipinski definition) is 7. The predicted octanol–water partition coefficient (Wildman–Crippen LogP) is 5.16. The van der Waals surface area contributed by atoms with E-state index in [-0.39, 0.29) is 6.61 Å². The summed E-state index contributed by atoms with van der Waals surface area (Å²) in [5.74, 6) is -0.458. The number of rotatable bonds is 4. The predicted molar refractivity (Wildman–Crippen MR) is 111 cm³/mol. The number of thiazole rings is 1. The summed E-state index contributed by atoms with van der Waals surface area (Å²) < 4.78 is 12.0. The molecule has 29 heavy (non-hydrogen) atoms. The highest BCUT2D eigenvalue weighted by molar-refractivity contribution is 7.18. The number of esters is 1. The minimum Gasteiger partial charge on any atom is -0.455 e. The number of carbonyl (C=O) groups excluding carboxylic acids is 1. The molecule has 0 radical (unpaired) electrons. The Morgan fingerprint density at radius 3 is 2.69 bits per heavy atom. The molecule has 0 saturated carbocycles. The summed E-state index contributed by atoms with van der Waals surface area (Å²) in [6.07, 6.45) is 0. The van der Waals surface area contributed by atoms with E-state index in [1.165, 1.54) is 11.3 Å². The van der Waals surface area contributed by atoms with Crippen molar-refractivity contribution in [1.82, 2.24) is 15.1 Å². The van der Waals surface area contributed by atoms with Crippen molar-refractivity contribution in [3.05, 3.63) is 76.9 Å². The van der Waals surface area contributed by atoms with E-state index in [4.69, 9.17) is 9.26 Å². The van der Waals surface area contributed by atoms with Crippen LogP contribution in [-0.4, -0.2) is 21.1 Å². The molecular formula is C22H15N3O3S. The minimum absolute atomic E-state index is 0.104. The topological polar surface area (TPSA) is 78.1 Å². The van der Waals surface area contributed by atoms with Crippen LogP contribution in [-0.2, 0) is 11.3 Å². The Balaban J connectivity index is 1.49. The molecular weight excluding hydrogens is 386 g/mol. The highest BCUT2D eigenvalue weighted by Crippen LogP contribution is 2.28. The molecule has 0 N–H and O–H groups in total. The van der Waals surface area contributed by atoms with Crippen molar-refractivity contribution in [2.45, 2.75) is 13.5 Å². The molecule has 0 amide bonds. The number of fused-ring (bicyclic) bond motifs is 2. The first kappa shape index (κ1) is 17.5. The molecule has 142 valence electrons. The lowest BCUT2D eigenvalue weighted by Crippen LogP contribution is -2.07. The normalized spacial score (nSPS) is 11.2. The van der Waals surface area contributed by atoms with Crippen LogP contribution in [0.25, 0.3) is 32.6 Å². The number of pyridine rings is 1. The van der Waals surface area contributed by atoms with Gasteiger partial charge in [0, 0.05) is 5.56 Å². The van der Waals surface area contributed by atoms with Gasteiger partial charge in [-0.25, -0.2) is 14.8 Å². The third-order valence-electron chi connectivity index (χ3n) is 4.57. The fourth-order valence-electron chi connectivity index (χ4n) is 3.20. The third-order valence-corrected chi connectivity index (χ3v) is 5.58. The maximum absolute atomic E-state index is 12.9. The highest BCUT2D eigenvalue weighted by atomic mass is 32.1. The summed E-state index contributed by atoms with van der Waals surface area (Å²) in [5, 5.41) is 5.28. The van der Waals surface area contributed by atoms with Crippen LogP contribution < -0.4 is 0 Å². The first-order valence-corrected chi connectivity index (χ1v) is 9.85. The second kappa shape index (κ2) is 7.10. The standard InChI is InChI=1S/C22H15N3O3S/c1-13-20-15(11-17(24-21(20)28-25-13)14-7-3-2-4-8-14)22(26)27-12-19-23-16-9-5-6-10-18(16)29-19/h2-11H,12H2,1H3. The number of nitrogens with zero attached hydrogens (tertiary/aromatic N) is 3. The lowest BCUT2D eigenvalue weighted by atomic mass is 10.1. The molecule has 0 aliphatic heterocycles. The Kier molecular flexibility index (Phi) is 4.29. The average Bonchev–Trinajstić information content (AvgIpc) is 3.35. The summed E-state index contributed by atoms with van der Waals surface area (Å²) in [5.41, 5.74) is 3.70. The quantitative estimate of drug-likeness (QED) is 0.387. The maximum atomic E-state index is 12.9. The summed E-state index contributed by atoms with van der Waals surface area (Å²) in [6.45, 7) is 1.88. The van der Waals surface area contributed by atoms with Gasteiger partial charge in [0.1, 0.15) is 11.6 Å². The zero-order valence-electron chi connectivity index (χ0n) is 15.5. The van der Waals surface area contributed by atoms with Crippen molar-refractivity contribution in [1.29, 1.82) is 0 Å². The van der Waals surface area contributed by atoms with Crippen LogP contribution in [0, 0.1) is 6.92 Å². The summed E-state index contributed by atoms with van der Waals surface area (Å²) >= 11 is 1.51. The number of hydrogen-bond donors (Lipinski definition) is 0. The van der Waals surface area contributed by atoms with Gasteiger partial charge in [-0.2, -0.15) is 0 Å². The fraction of sp³-hybridized carbons (Fsp3) is 0.0909.